The van der Waals surface area contributed by atoms with Crippen LogP contribution in [0, 0.1) is 0 Å². The van der Waals surface area contributed by atoms with Crippen LogP contribution in [-0.4, -0.2) is 4.98 Å². The van der Waals surface area contributed by atoms with Gasteiger partial charge in [-0.1, -0.05) is 11.6 Å². The number of halogens is 3. The SMILES string of the molecule is O=c1[nH]cc(Cl)cc1C(F)F. The van der Waals surface area contributed by atoms with Gasteiger partial charge in [-0.3, -0.25) is 4.79 Å². The predicted molar refractivity (Wildman–Crippen MR) is 37.0 cm³/mol. The van der Waals surface area contributed by atoms with Gasteiger partial charge in [-0.05, 0) is 6.07 Å². The van der Waals surface area contributed by atoms with Crippen molar-refractivity contribution >= 4 is 11.6 Å². The van der Waals surface area contributed by atoms with E-state index in [4.69, 9.17) is 11.6 Å². The molecule has 0 spiro atoms. The summed E-state index contributed by atoms with van der Waals surface area (Å²) >= 11 is 5.36. The fraction of sp³-hybridized carbons (Fsp3) is 0.167. The van der Waals surface area contributed by atoms with Crippen molar-refractivity contribution in [3.8, 4) is 0 Å². The minimum atomic E-state index is -2.78. The maximum atomic E-state index is 11.9. The molecule has 1 aromatic rings. The highest BCUT2D eigenvalue weighted by Crippen LogP contribution is 2.16. The van der Waals surface area contributed by atoms with E-state index in [9.17, 15) is 13.6 Å². The van der Waals surface area contributed by atoms with Gasteiger partial charge in [-0.15, -0.1) is 0 Å². The minimum Gasteiger partial charge on any atom is -0.327 e. The summed E-state index contributed by atoms with van der Waals surface area (Å²) in [6.07, 6.45) is -1.62. The molecule has 0 radical (unpaired) electrons. The van der Waals surface area contributed by atoms with Crippen molar-refractivity contribution in [1.82, 2.24) is 4.98 Å². The number of hydrogen-bond donors (Lipinski definition) is 1. The van der Waals surface area contributed by atoms with Gasteiger partial charge in [0.05, 0.1) is 10.6 Å². The largest absolute Gasteiger partial charge is 0.327 e. The number of pyridine rings is 1. The first kappa shape index (κ1) is 8.20. The minimum absolute atomic E-state index is 0.0971. The molecule has 1 heterocycles. The van der Waals surface area contributed by atoms with E-state index in [1.165, 1.54) is 0 Å². The summed E-state index contributed by atoms with van der Waals surface area (Å²) < 4.78 is 23.9. The lowest BCUT2D eigenvalue weighted by atomic mass is 10.3. The highest BCUT2D eigenvalue weighted by molar-refractivity contribution is 6.30. The molecule has 0 unspecified atom stereocenters. The summed E-state index contributed by atoms with van der Waals surface area (Å²) in [7, 11) is 0. The van der Waals surface area contributed by atoms with Crippen molar-refractivity contribution in [3.63, 3.8) is 0 Å². The van der Waals surface area contributed by atoms with Crippen LogP contribution >= 0.6 is 11.6 Å². The summed E-state index contributed by atoms with van der Waals surface area (Å²) in [6.45, 7) is 0. The average Bonchev–Trinajstić information content (AvgIpc) is 1.94. The summed E-state index contributed by atoms with van der Waals surface area (Å²) in [5.41, 5.74) is -1.40. The summed E-state index contributed by atoms with van der Waals surface area (Å²) in [6, 6.07) is 0.949. The number of aromatic nitrogens is 1. The maximum absolute atomic E-state index is 11.9. The van der Waals surface area contributed by atoms with Crippen molar-refractivity contribution in [1.29, 1.82) is 0 Å². The number of rotatable bonds is 1. The lowest BCUT2D eigenvalue weighted by Crippen LogP contribution is -2.11. The molecule has 0 fully saturated rings. The molecule has 60 valence electrons. The van der Waals surface area contributed by atoms with Crippen LogP contribution in [0.5, 0.6) is 0 Å². The second kappa shape index (κ2) is 3.00. The van der Waals surface area contributed by atoms with Crippen molar-refractivity contribution in [2.45, 2.75) is 6.43 Å². The first-order valence-electron chi connectivity index (χ1n) is 2.77. The number of nitrogens with one attached hydrogen (secondary N) is 1. The standard InChI is InChI=1S/C6H4ClF2NO/c7-3-1-4(5(8)9)6(11)10-2-3/h1-2,5H,(H,10,11). The van der Waals surface area contributed by atoms with Crippen LogP contribution in [-0.2, 0) is 0 Å². The Hall–Kier alpha value is -0.900. The van der Waals surface area contributed by atoms with Crippen LogP contribution in [0.15, 0.2) is 17.1 Å². The molecular formula is C6H4ClF2NO. The zero-order valence-electron chi connectivity index (χ0n) is 5.27. The zero-order valence-corrected chi connectivity index (χ0v) is 6.03. The Morgan fingerprint density at radius 2 is 2.18 bits per heavy atom. The van der Waals surface area contributed by atoms with Crippen LogP contribution in [0.2, 0.25) is 5.02 Å². The molecule has 0 saturated heterocycles. The predicted octanol–water partition coefficient (Wildman–Crippen LogP) is 1.97. The molecule has 11 heavy (non-hydrogen) atoms. The number of alkyl halides is 2. The molecule has 0 atom stereocenters. The van der Waals surface area contributed by atoms with Crippen LogP contribution < -0.4 is 5.56 Å². The van der Waals surface area contributed by atoms with Gasteiger partial charge in [0.2, 0.25) is 0 Å². The third-order valence-corrected chi connectivity index (χ3v) is 1.35. The Morgan fingerprint density at radius 1 is 1.55 bits per heavy atom. The highest BCUT2D eigenvalue weighted by atomic mass is 35.5. The summed E-state index contributed by atoms with van der Waals surface area (Å²) in [5.74, 6) is 0. The van der Waals surface area contributed by atoms with Crippen LogP contribution in [0.3, 0.4) is 0 Å². The molecule has 0 aliphatic carbocycles. The monoisotopic (exact) mass is 179 g/mol. The zero-order chi connectivity index (χ0) is 8.43. The van der Waals surface area contributed by atoms with Gasteiger partial charge in [-0.2, -0.15) is 0 Å². The fourth-order valence-corrected chi connectivity index (χ4v) is 0.808. The smallest absolute Gasteiger partial charge is 0.269 e. The molecule has 1 rings (SSSR count). The van der Waals surface area contributed by atoms with Gasteiger partial charge >= 0.3 is 0 Å². The van der Waals surface area contributed by atoms with E-state index in [1.54, 1.807) is 0 Å². The summed E-state index contributed by atoms with van der Waals surface area (Å²) in [5, 5.41) is 0.0971. The first-order valence-corrected chi connectivity index (χ1v) is 3.15. The Kier molecular flexibility index (Phi) is 2.24. The van der Waals surface area contributed by atoms with E-state index in [1.807, 2.05) is 0 Å². The van der Waals surface area contributed by atoms with Gasteiger partial charge < -0.3 is 4.98 Å². The molecule has 1 aromatic heterocycles. The van der Waals surface area contributed by atoms with Gasteiger partial charge in [0, 0.05) is 6.20 Å². The van der Waals surface area contributed by atoms with Gasteiger partial charge in [0.1, 0.15) is 0 Å². The Balaban J connectivity index is 3.24. The number of aromatic amines is 1. The Morgan fingerprint density at radius 3 is 2.64 bits per heavy atom. The Bertz CT molecular complexity index is 310. The second-order valence-corrected chi connectivity index (χ2v) is 2.34. The van der Waals surface area contributed by atoms with Crippen molar-refractivity contribution in [3.05, 3.63) is 33.2 Å². The molecule has 0 aliphatic heterocycles. The van der Waals surface area contributed by atoms with E-state index in [0.717, 1.165) is 12.3 Å². The maximum Gasteiger partial charge on any atom is 0.269 e. The quantitative estimate of drug-likeness (QED) is 0.703. The lowest BCUT2D eigenvalue weighted by Gasteiger charge is -1.96. The molecule has 0 aliphatic rings. The molecule has 0 amide bonds. The topological polar surface area (TPSA) is 32.9 Å². The van der Waals surface area contributed by atoms with Crippen molar-refractivity contribution < 1.29 is 8.78 Å². The van der Waals surface area contributed by atoms with Crippen LogP contribution in [0.25, 0.3) is 0 Å². The third kappa shape index (κ3) is 1.77. The summed E-state index contributed by atoms with van der Waals surface area (Å²) in [4.78, 5) is 12.7. The lowest BCUT2D eigenvalue weighted by molar-refractivity contribution is 0.149. The molecular weight excluding hydrogens is 176 g/mol. The first-order chi connectivity index (χ1) is 5.11. The van der Waals surface area contributed by atoms with E-state index in [2.05, 4.69) is 4.98 Å². The molecule has 2 nitrogen and oxygen atoms in total. The fourth-order valence-electron chi connectivity index (χ4n) is 0.636. The van der Waals surface area contributed by atoms with E-state index in [-0.39, 0.29) is 5.02 Å². The van der Waals surface area contributed by atoms with Gasteiger partial charge in [0.25, 0.3) is 12.0 Å². The molecule has 0 aromatic carbocycles. The normalized spacial score (nSPS) is 10.5. The second-order valence-electron chi connectivity index (χ2n) is 1.90. The third-order valence-electron chi connectivity index (χ3n) is 1.13. The van der Waals surface area contributed by atoms with Crippen molar-refractivity contribution in [2.24, 2.45) is 0 Å². The molecule has 0 saturated carbocycles. The van der Waals surface area contributed by atoms with Gasteiger partial charge in [0.15, 0.2) is 0 Å². The molecule has 0 bridgehead atoms. The number of hydrogen-bond acceptors (Lipinski definition) is 1. The van der Waals surface area contributed by atoms with Crippen LogP contribution in [0.1, 0.15) is 12.0 Å². The Labute approximate surface area is 65.8 Å². The van der Waals surface area contributed by atoms with Crippen molar-refractivity contribution in [2.75, 3.05) is 0 Å². The van der Waals surface area contributed by atoms with Crippen LogP contribution in [0.4, 0.5) is 8.78 Å². The van der Waals surface area contributed by atoms with E-state index >= 15 is 0 Å². The molecule has 5 heteroatoms. The highest BCUT2D eigenvalue weighted by Gasteiger charge is 2.11. The average molecular weight is 180 g/mol. The van der Waals surface area contributed by atoms with Gasteiger partial charge in [-0.25, -0.2) is 8.78 Å². The number of H-pyrrole nitrogens is 1. The van der Waals surface area contributed by atoms with E-state index in [0.29, 0.717) is 0 Å². The van der Waals surface area contributed by atoms with E-state index < -0.39 is 17.5 Å². The molecule has 1 N–H and O–H groups in total.